The zero-order valence-corrected chi connectivity index (χ0v) is 19.0. The molecule has 2 amide bonds. The van der Waals surface area contributed by atoms with Crippen molar-refractivity contribution in [3.63, 3.8) is 0 Å². The number of carbonyl (C=O) groups excluding carboxylic acids is 2. The van der Waals surface area contributed by atoms with Crippen molar-refractivity contribution in [2.24, 2.45) is 0 Å². The number of amides is 2. The first-order valence-corrected chi connectivity index (χ1v) is 11.1. The van der Waals surface area contributed by atoms with Crippen LogP contribution in [0.25, 0.3) is 10.9 Å². The Bertz CT molecular complexity index is 1270. The third-order valence-corrected chi connectivity index (χ3v) is 5.79. The summed E-state index contributed by atoms with van der Waals surface area (Å²) in [7, 11) is 0. The number of hydrogen-bond donors (Lipinski definition) is 3. The summed E-state index contributed by atoms with van der Waals surface area (Å²) in [6.07, 6.45) is 1.94. The van der Waals surface area contributed by atoms with Gasteiger partial charge in [-0.1, -0.05) is 30.3 Å². The number of benzene rings is 2. The van der Waals surface area contributed by atoms with Crippen molar-refractivity contribution < 1.29 is 24.2 Å². The number of nitrogens with one attached hydrogen (secondary N) is 2. The number of nitrogens with zero attached hydrogens (tertiary/aromatic N) is 1. The standard InChI is InChI=1S/C25H27N3O6/c1-3-28-12-19(23(30)18-10-21-22(11-20(18)28)34-14-33-21)25(32)26-15(2)24(31)27-17(13-29)9-16-7-5-4-6-8-16/h4-8,10-12,15,17,29H,3,9,13-14H2,1-2H3,(H,26,32)(H,27,31)/t15-,17-/m0/s1. The maximum absolute atomic E-state index is 13.1. The number of pyridine rings is 1. The highest BCUT2D eigenvalue weighted by Crippen LogP contribution is 2.35. The fourth-order valence-corrected chi connectivity index (χ4v) is 3.93. The van der Waals surface area contributed by atoms with Gasteiger partial charge in [-0.3, -0.25) is 14.4 Å². The quantitative estimate of drug-likeness (QED) is 0.465. The molecule has 1 aromatic heterocycles. The van der Waals surface area contributed by atoms with Crippen LogP contribution in [-0.4, -0.2) is 47.0 Å². The van der Waals surface area contributed by atoms with Gasteiger partial charge in [0.2, 0.25) is 18.1 Å². The molecule has 0 saturated heterocycles. The van der Waals surface area contributed by atoms with Crippen LogP contribution in [0, 0.1) is 0 Å². The molecule has 1 aliphatic heterocycles. The Morgan fingerprint density at radius 3 is 2.50 bits per heavy atom. The Kier molecular flexibility index (Phi) is 6.83. The van der Waals surface area contributed by atoms with Crippen molar-refractivity contribution in [1.82, 2.24) is 15.2 Å². The van der Waals surface area contributed by atoms with Crippen LogP contribution >= 0.6 is 0 Å². The Labute approximate surface area is 196 Å². The summed E-state index contributed by atoms with van der Waals surface area (Å²) in [5.41, 5.74) is 1.07. The smallest absolute Gasteiger partial charge is 0.257 e. The minimum atomic E-state index is -0.917. The lowest BCUT2D eigenvalue weighted by atomic mass is 10.1. The average molecular weight is 466 g/mol. The largest absolute Gasteiger partial charge is 0.454 e. The molecule has 9 nitrogen and oxygen atoms in total. The van der Waals surface area contributed by atoms with E-state index < -0.39 is 29.3 Å². The predicted molar refractivity (Wildman–Crippen MR) is 126 cm³/mol. The zero-order valence-electron chi connectivity index (χ0n) is 19.0. The summed E-state index contributed by atoms with van der Waals surface area (Å²) >= 11 is 0. The molecular formula is C25H27N3O6. The van der Waals surface area contributed by atoms with E-state index in [-0.39, 0.29) is 19.0 Å². The summed E-state index contributed by atoms with van der Waals surface area (Å²) in [5, 5.41) is 15.4. The number of aliphatic hydroxyl groups is 1. The van der Waals surface area contributed by atoms with Gasteiger partial charge in [-0.05, 0) is 31.9 Å². The highest BCUT2D eigenvalue weighted by Gasteiger charge is 2.24. The highest BCUT2D eigenvalue weighted by atomic mass is 16.7. The zero-order chi connectivity index (χ0) is 24.2. The highest BCUT2D eigenvalue weighted by molar-refractivity contribution is 6.00. The van der Waals surface area contributed by atoms with E-state index in [1.165, 1.54) is 13.1 Å². The summed E-state index contributed by atoms with van der Waals surface area (Å²) < 4.78 is 12.6. The molecule has 2 aromatic carbocycles. The Morgan fingerprint density at radius 1 is 1.12 bits per heavy atom. The molecule has 1 aliphatic rings. The molecule has 178 valence electrons. The molecule has 3 aromatic rings. The number of aryl methyl sites for hydroxylation is 1. The van der Waals surface area contributed by atoms with E-state index in [9.17, 15) is 19.5 Å². The first kappa shape index (κ1) is 23.3. The van der Waals surface area contributed by atoms with Crippen molar-refractivity contribution in [3.05, 3.63) is 70.0 Å². The Hall–Kier alpha value is -3.85. The fraction of sp³-hybridized carbons (Fsp3) is 0.320. The molecule has 0 bridgehead atoms. The second-order valence-corrected chi connectivity index (χ2v) is 8.15. The molecule has 0 aliphatic carbocycles. The van der Waals surface area contributed by atoms with E-state index in [1.807, 2.05) is 37.3 Å². The lowest BCUT2D eigenvalue weighted by Gasteiger charge is -2.20. The monoisotopic (exact) mass is 465 g/mol. The van der Waals surface area contributed by atoms with Crippen LogP contribution < -0.4 is 25.5 Å². The van der Waals surface area contributed by atoms with Gasteiger partial charge in [0.15, 0.2) is 11.5 Å². The van der Waals surface area contributed by atoms with Crippen LogP contribution in [0.1, 0.15) is 29.8 Å². The number of hydrogen-bond acceptors (Lipinski definition) is 6. The van der Waals surface area contributed by atoms with E-state index in [0.717, 1.165) is 5.56 Å². The first-order chi connectivity index (χ1) is 16.4. The van der Waals surface area contributed by atoms with Crippen LogP contribution in [0.4, 0.5) is 0 Å². The molecule has 2 heterocycles. The minimum Gasteiger partial charge on any atom is -0.454 e. The topological polar surface area (TPSA) is 119 Å². The SMILES string of the molecule is CCn1cc(C(=O)N[C@@H](C)C(=O)N[C@H](CO)Cc2ccccc2)c(=O)c2cc3c(cc21)OCO3. The number of aliphatic hydroxyl groups excluding tert-OH is 1. The van der Waals surface area contributed by atoms with Crippen LogP contribution in [0.2, 0.25) is 0 Å². The molecule has 0 fully saturated rings. The van der Waals surface area contributed by atoms with Gasteiger partial charge >= 0.3 is 0 Å². The molecule has 0 saturated carbocycles. The first-order valence-electron chi connectivity index (χ1n) is 11.1. The Balaban J connectivity index is 1.50. The van der Waals surface area contributed by atoms with Gasteiger partial charge in [-0.25, -0.2) is 0 Å². The molecule has 0 radical (unpaired) electrons. The maximum atomic E-state index is 13.1. The van der Waals surface area contributed by atoms with Crippen molar-refractivity contribution in [3.8, 4) is 11.5 Å². The molecule has 0 unspecified atom stereocenters. The van der Waals surface area contributed by atoms with Gasteiger partial charge in [0.1, 0.15) is 11.6 Å². The lowest BCUT2D eigenvalue weighted by molar-refractivity contribution is -0.123. The summed E-state index contributed by atoms with van der Waals surface area (Å²) in [6.45, 7) is 3.77. The van der Waals surface area contributed by atoms with E-state index in [0.29, 0.717) is 35.4 Å². The van der Waals surface area contributed by atoms with Gasteiger partial charge in [0, 0.05) is 18.8 Å². The van der Waals surface area contributed by atoms with Crippen LogP contribution in [0.15, 0.2) is 53.5 Å². The van der Waals surface area contributed by atoms with E-state index in [1.54, 1.807) is 16.7 Å². The molecule has 2 atom stereocenters. The number of rotatable bonds is 8. The van der Waals surface area contributed by atoms with Gasteiger partial charge in [-0.2, -0.15) is 0 Å². The molecule has 3 N–H and O–H groups in total. The van der Waals surface area contributed by atoms with Gasteiger partial charge in [0.25, 0.3) is 5.91 Å². The van der Waals surface area contributed by atoms with E-state index >= 15 is 0 Å². The predicted octanol–water partition coefficient (Wildman–Crippen LogP) is 1.59. The number of fused-ring (bicyclic) bond motifs is 2. The molecule has 9 heteroatoms. The number of ether oxygens (including phenoxy) is 2. The van der Waals surface area contributed by atoms with Crippen molar-refractivity contribution in [1.29, 1.82) is 0 Å². The van der Waals surface area contributed by atoms with Crippen molar-refractivity contribution in [2.75, 3.05) is 13.4 Å². The lowest BCUT2D eigenvalue weighted by Crippen LogP contribution is -2.50. The van der Waals surface area contributed by atoms with Crippen LogP contribution in [-0.2, 0) is 17.8 Å². The summed E-state index contributed by atoms with van der Waals surface area (Å²) in [4.78, 5) is 38.7. The molecule has 34 heavy (non-hydrogen) atoms. The van der Waals surface area contributed by atoms with Gasteiger partial charge < -0.3 is 29.8 Å². The summed E-state index contributed by atoms with van der Waals surface area (Å²) in [5.74, 6) is -0.113. The third-order valence-electron chi connectivity index (χ3n) is 5.79. The summed E-state index contributed by atoms with van der Waals surface area (Å²) in [6, 6.07) is 11.4. The van der Waals surface area contributed by atoms with E-state index in [4.69, 9.17) is 9.47 Å². The maximum Gasteiger partial charge on any atom is 0.257 e. The minimum absolute atomic E-state index is 0.0733. The molecule has 4 rings (SSSR count). The number of aromatic nitrogens is 1. The normalized spacial score (nSPS) is 14.0. The van der Waals surface area contributed by atoms with Crippen molar-refractivity contribution in [2.45, 2.75) is 38.9 Å². The second kappa shape index (κ2) is 9.96. The van der Waals surface area contributed by atoms with Crippen LogP contribution in [0.3, 0.4) is 0 Å². The second-order valence-electron chi connectivity index (χ2n) is 8.15. The molecular weight excluding hydrogens is 438 g/mol. The van der Waals surface area contributed by atoms with Crippen LogP contribution in [0.5, 0.6) is 11.5 Å². The van der Waals surface area contributed by atoms with E-state index in [2.05, 4.69) is 10.6 Å². The van der Waals surface area contributed by atoms with Gasteiger partial charge in [-0.15, -0.1) is 0 Å². The Morgan fingerprint density at radius 2 is 1.82 bits per heavy atom. The fourth-order valence-electron chi connectivity index (χ4n) is 3.93. The molecule has 0 spiro atoms. The average Bonchev–Trinajstić information content (AvgIpc) is 3.31. The number of carbonyl (C=O) groups is 2. The van der Waals surface area contributed by atoms with Crippen molar-refractivity contribution >= 4 is 22.7 Å². The third kappa shape index (κ3) is 4.74. The van der Waals surface area contributed by atoms with Gasteiger partial charge in [0.05, 0.1) is 23.6 Å².